The molecule has 1 aliphatic heterocycles. The van der Waals surface area contributed by atoms with Crippen LogP contribution in [0, 0.1) is 19.3 Å². The molecule has 0 bridgehead atoms. The van der Waals surface area contributed by atoms with Gasteiger partial charge in [-0.1, -0.05) is 43.1 Å². The minimum Gasteiger partial charge on any atom is -0.506 e. The first-order chi connectivity index (χ1) is 19.4. The lowest BCUT2D eigenvalue weighted by Crippen LogP contribution is -2.38. The number of halogens is 2. The Morgan fingerprint density at radius 3 is 2.51 bits per heavy atom. The van der Waals surface area contributed by atoms with Crippen molar-refractivity contribution in [2.24, 2.45) is 5.41 Å². The Bertz CT molecular complexity index is 1720. The van der Waals surface area contributed by atoms with Gasteiger partial charge in [0.05, 0.1) is 39.0 Å². The number of benzene rings is 2. The molecule has 1 atom stereocenters. The first-order valence-electron chi connectivity index (χ1n) is 13.6. The fraction of sp³-hybridized carbons (Fsp3) is 0.344. The van der Waals surface area contributed by atoms with Gasteiger partial charge in [0.25, 0.3) is 0 Å². The fourth-order valence-corrected chi connectivity index (χ4v) is 5.80. The Kier molecular flexibility index (Phi) is 7.79. The number of pyridine rings is 1. The highest BCUT2D eigenvalue weighted by atomic mass is 35.5. The molecule has 214 valence electrons. The first kappa shape index (κ1) is 29.0. The zero-order valence-corrected chi connectivity index (χ0v) is 25.3. The minimum absolute atomic E-state index is 0.0285. The van der Waals surface area contributed by atoms with Crippen molar-refractivity contribution in [2.45, 2.75) is 53.5 Å². The number of anilines is 2. The Labute approximate surface area is 249 Å². The van der Waals surface area contributed by atoms with E-state index >= 15 is 0 Å². The number of carbonyl (C=O) groups is 1. The molecule has 0 saturated carbocycles. The van der Waals surface area contributed by atoms with Crippen LogP contribution in [0.4, 0.5) is 11.6 Å². The highest BCUT2D eigenvalue weighted by Crippen LogP contribution is 2.39. The third-order valence-electron chi connectivity index (χ3n) is 7.96. The predicted molar refractivity (Wildman–Crippen MR) is 166 cm³/mol. The zero-order chi connectivity index (χ0) is 29.6. The maximum absolute atomic E-state index is 13.6. The molecule has 0 spiro atoms. The van der Waals surface area contributed by atoms with Crippen molar-refractivity contribution < 1.29 is 14.3 Å². The maximum atomic E-state index is 13.6. The summed E-state index contributed by atoms with van der Waals surface area (Å²) in [6, 6.07) is 10.1. The number of phenols is 1. The largest absolute Gasteiger partial charge is 0.506 e. The van der Waals surface area contributed by atoms with E-state index in [4.69, 9.17) is 27.6 Å². The van der Waals surface area contributed by atoms with Crippen molar-refractivity contribution in [1.82, 2.24) is 4.98 Å². The molecular weight excluding hydrogens is 561 g/mol. The van der Waals surface area contributed by atoms with Gasteiger partial charge in [-0.3, -0.25) is 9.59 Å². The van der Waals surface area contributed by atoms with Crippen molar-refractivity contribution in [1.29, 1.82) is 0 Å². The summed E-state index contributed by atoms with van der Waals surface area (Å²) in [5.74, 6) is 0.337. The number of rotatable bonds is 6. The van der Waals surface area contributed by atoms with E-state index in [1.54, 1.807) is 12.1 Å². The molecule has 9 heteroatoms. The summed E-state index contributed by atoms with van der Waals surface area (Å²) in [4.78, 5) is 31.8. The second-order valence-electron chi connectivity index (χ2n) is 11.7. The van der Waals surface area contributed by atoms with Crippen molar-refractivity contribution in [2.75, 3.05) is 23.3 Å². The number of hydrogen-bond donors (Lipinski definition) is 2. The predicted octanol–water partition coefficient (Wildman–Crippen LogP) is 8.10. The molecule has 1 saturated heterocycles. The van der Waals surface area contributed by atoms with E-state index in [2.05, 4.69) is 29.0 Å². The smallest absolute Gasteiger partial charge is 0.202 e. The van der Waals surface area contributed by atoms with E-state index < -0.39 is 0 Å². The molecule has 2 N–H and O–H groups in total. The van der Waals surface area contributed by atoms with E-state index in [9.17, 15) is 14.7 Å². The van der Waals surface area contributed by atoms with E-state index in [0.717, 1.165) is 37.1 Å². The summed E-state index contributed by atoms with van der Waals surface area (Å²) in [5, 5.41) is 14.5. The number of hydrogen-bond acceptors (Lipinski definition) is 7. The number of aryl methyl sites for hydroxylation is 1. The molecule has 0 aliphatic carbocycles. The average Bonchev–Trinajstić information content (AvgIpc) is 2.93. The van der Waals surface area contributed by atoms with Crippen LogP contribution in [0.15, 0.2) is 45.6 Å². The van der Waals surface area contributed by atoms with Crippen molar-refractivity contribution in [3.05, 3.63) is 79.1 Å². The standard InChI is InChI=1S/C32H33Cl2N3O4/c1-17-12-22(30-23(13-17)28(39)18(2)31(41-30)37-10-8-32(4,5)9-11-37)19(3)35-25-6-7-26(34)36-27(25)20-14-21(16-38)29(40)24(33)15-20/h6-7,12-16,19,35,40H,8-11H2,1-5H3/t19-/m1/s1. The van der Waals surface area contributed by atoms with Crippen LogP contribution in [-0.4, -0.2) is 29.5 Å². The number of aromatic nitrogens is 1. The second kappa shape index (κ2) is 11.0. The van der Waals surface area contributed by atoms with E-state index in [0.29, 0.717) is 45.6 Å². The minimum atomic E-state index is -0.309. The second-order valence-corrected chi connectivity index (χ2v) is 12.4. The van der Waals surface area contributed by atoms with Crippen molar-refractivity contribution in [3.8, 4) is 17.0 Å². The lowest BCUT2D eigenvalue weighted by Gasteiger charge is -2.37. The van der Waals surface area contributed by atoms with Crippen molar-refractivity contribution >= 4 is 52.0 Å². The summed E-state index contributed by atoms with van der Waals surface area (Å²) in [6.07, 6.45) is 2.58. The molecule has 0 radical (unpaired) electrons. The lowest BCUT2D eigenvalue weighted by atomic mass is 9.82. The molecule has 2 aromatic carbocycles. The number of phenolic OH excluding ortho intramolecular Hbond substituents is 1. The van der Waals surface area contributed by atoms with Gasteiger partial charge < -0.3 is 19.7 Å². The van der Waals surface area contributed by atoms with Gasteiger partial charge >= 0.3 is 0 Å². The summed E-state index contributed by atoms with van der Waals surface area (Å²) in [7, 11) is 0. The van der Waals surface area contributed by atoms with Gasteiger partial charge in [0.2, 0.25) is 5.88 Å². The van der Waals surface area contributed by atoms with Crippen LogP contribution in [0.25, 0.3) is 22.2 Å². The van der Waals surface area contributed by atoms with Gasteiger partial charge in [-0.15, -0.1) is 0 Å². The summed E-state index contributed by atoms with van der Waals surface area (Å²) < 4.78 is 6.58. The van der Waals surface area contributed by atoms with Crippen LogP contribution in [0.2, 0.25) is 10.2 Å². The van der Waals surface area contributed by atoms with Crippen LogP contribution in [0.3, 0.4) is 0 Å². The van der Waals surface area contributed by atoms with Crippen LogP contribution < -0.4 is 15.6 Å². The number of carbonyl (C=O) groups excluding carboxylic acids is 1. The summed E-state index contributed by atoms with van der Waals surface area (Å²) >= 11 is 12.5. The number of aldehydes is 1. The molecule has 0 unspecified atom stereocenters. The Morgan fingerprint density at radius 1 is 1.12 bits per heavy atom. The molecule has 4 aromatic rings. The number of aromatic hydroxyl groups is 1. The van der Waals surface area contributed by atoms with Crippen LogP contribution >= 0.6 is 23.2 Å². The molecule has 41 heavy (non-hydrogen) atoms. The van der Waals surface area contributed by atoms with Gasteiger partial charge in [0.15, 0.2) is 11.7 Å². The number of nitrogens with zero attached hydrogens (tertiary/aromatic N) is 2. The number of nitrogens with one attached hydrogen (secondary N) is 1. The van der Waals surface area contributed by atoms with E-state index in [-0.39, 0.29) is 38.4 Å². The van der Waals surface area contributed by atoms with Gasteiger partial charge in [0.1, 0.15) is 16.5 Å². The Balaban J connectivity index is 1.59. The fourth-order valence-electron chi connectivity index (χ4n) is 5.42. The average molecular weight is 595 g/mol. The molecule has 0 amide bonds. The number of fused-ring (bicyclic) bond motifs is 1. The summed E-state index contributed by atoms with van der Waals surface area (Å²) in [6.45, 7) is 12.0. The van der Waals surface area contributed by atoms with Crippen LogP contribution in [0.5, 0.6) is 5.75 Å². The third kappa shape index (κ3) is 5.66. The highest BCUT2D eigenvalue weighted by molar-refractivity contribution is 6.33. The molecule has 1 aliphatic rings. The molecular formula is C32H33Cl2N3O4. The Hall–Kier alpha value is -3.55. The molecule has 3 heterocycles. The quantitative estimate of drug-likeness (QED) is 0.172. The normalized spacial score (nSPS) is 15.6. The number of piperidine rings is 1. The zero-order valence-electron chi connectivity index (χ0n) is 23.8. The van der Waals surface area contributed by atoms with E-state index in [1.165, 1.54) is 12.1 Å². The molecule has 5 rings (SSSR count). The first-order valence-corrected chi connectivity index (χ1v) is 14.4. The van der Waals surface area contributed by atoms with Crippen LogP contribution in [-0.2, 0) is 0 Å². The molecule has 1 fully saturated rings. The lowest BCUT2D eigenvalue weighted by molar-refractivity contribution is 0.112. The van der Waals surface area contributed by atoms with E-state index in [1.807, 2.05) is 32.9 Å². The SMILES string of the molecule is Cc1cc([C@@H](C)Nc2ccc(Cl)nc2-c2cc(Cl)c(O)c(C=O)c2)c2oc(N3CCC(C)(C)CC3)c(C)c(=O)c2c1. The van der Waals surface area contributed by atoms with Gasteiger partial charge in [-0.25, -0.2) is 4.98 Å². The van der Waals surface area contributed by atoms with Gasteiger partial charge in [-0.2, -0.15) is 0 Å². The highest BCUT2D eigenvalue weighted by Gasteiger charge is 2.29. The van der Waals surface area contributed by atoms with Gasteiger partial charge in [-0.05, 0) is 74.9 Å². The topological polar surface area (TPSA) is 95.7 Å². The van der Waals surface area contributed by atoms with Crippen molar-refractivity contribution in [3.63, 3.8) is 0 Å². The maximum Gasteiger partial charge on any atom is 0.202 e. The molecule has 7 nitrogen and oxygen atoms in total. The summed E-state index contributed by atoms with van der Waals surface area (Å²) in [5.41, 5.74) is 4.81. The van der Waals surface area contributed by atoms with Gasteiger partial charge in [0, 0.05) is 24.2 Å². The molecule has 2 aromatic heterocycles. The third-order valence-corrected chi connectivity index (χ3v) is 8.46. The monoisotopic (exact) mass is 593 g/mol. The van der Waals surface area contributed by atoms with Crippen LogP contribution in [0.1, 0.15) is 66.7 Å². The Morgan fingerprint density at radius 2 is 1.83 bits per heavy atom.